The van der Waals surface area contributed by atoms with Crippen LogP contribution in [0.5, 0.6) is 0 Å². The van der Waals surface area contributed by atoms with Crippen LogP contribution in [0.15, 0.2) is 0 Å². The Morgan fingerprint density at radius 2 is 1.89 bits per heavy atom. The molecule has 1 amide bonds. The molecule has 1 rings (SSSR count). The maximum absolute atomic E-state index is 12.1. The number of hydrogen-bond donors (Lipinski definition) is 0. The predicted molar refractivity (Wildman–Crippen MR) is 74.5 cm³/mol. The number of rotatable bonds is 5. The summed E-state index contributed by atoms with van der Waals surface area (Å²) in [6.45, 7) is 9.15. The third kappa shape index (κ3) is 5.85. The van der Waals surface area contributed by atoms with Crippen LogP contribution in [0.25, 0.3) is 0 Å². The number of carbonyl (C=O) groups is 1. The van der Waals surface area contributed by atoms with Crippen LogP contribution >= 0.6 is 0 Å². The van der Waals surface area contributed by atoms with Crippen molar-refractivity contribution in [3.8, 4) is 0 Å². The molecule has 18 heavy (non-hydrogen) atoms. The lowest BCUT2D eigenvalue weighted by Crippen LogP contribution is -2.39. The summed E-state index contributed by atoms with van der Waals surface area (Å²) in [5.74, 6) is 1.12. The van der Waals surface area contributed by atoms with Gasteiger partial charge in [0.2, 0.25) is 5.91 Å². The lowest BCUT2D eigenvalue weighted by atomic mass is 9.89. The lowest BCUT2D eigenvalue weighted by molar-refractivity contribution is -0.134. The number of piperidine rings is 1. The number of nitrogens with zero attached hydrogens (tertiary/aromatic N) is 1. The van der Waals surface area contributed by atoms with Crippen molar-refractivity contribution in [2.45, 2.75) is 52.9 Å². The van der Waals surface area contributed by atoms with E-state index in [2.05, 4.69) is 25.7 Å². The monoisotopic (exact) mass is 255 g/mol. The van der Waals surface area contributed by atoms with Crippen LogP contribution in [0, 0.1) is 11.3 Å². The highest BCUT2D eigenvalue weighted by Gasteiger charge is 2.25. The number of amides is 1. The third-order valence-electron chi connectivity index (χ3n) is 3.61. The van der Waals surface area contributed by atoms with Gasteiger partial charge in [-0.05, 0) is 37.0 Å². The highest BCUT2D eigenvalue weighted by molar-refractivity contribution is 5.76. The third-order valence-corrected chi connectivity index (χ3v) is 3.61. The summed E-state index contributed by atoms with van der Waals surface area (Å²) in [5.41, 5.74) is 0.104. The molecule has 1 saturated heterocycles. The van der Waals surface area contributed by atoms with Crippen molar-refractivity contribution < 1.29 is 9.53 Å². The van der Waals surface area contributed by atoms with E-state index in [9.17, 15) is 4.79 Å². The first-order valence-electron chi connectivity index (χ1n) is 7.19. The molecular weight excluding hydrogens is 226 g/mol. The van der Waals surface area contributed by atoms with E-state index in [0.717, 1.165) is 32.0 Å². The summed E-state index contributed by atoms with van der Waals surface area (Å²) in [6.07, 6.45) is 5.40. The molecule has 0 N–H and O–H groups in total. The van der Waals surface area contributed by atoms with Crippen molar-refractivity contribution in [2.75, 3.05) is 26.8 Å². The topological polar surface area (TPSA) is 29.5 Å². The maximum Gasteiger partial charge on any atom is 0.223 e. The van der Waals surface area contributed by atoms with Crippen LogP contribution in [-0.4, -0.2) is 37.6 Å². The van der Waals surface area contributed by atoms with Gasteiger partial charge in [-0.1, -0.05) is 20.8 Å². The summed E-state index contributed by atoms with van der Waals surface area (Å²) >= 11 is 0. The number of ether oxygens (including phenoxy) is 1. The molecule has 0 aromatic heterocycles. The Morgan fingerprint density at radius 3 is 2.39 bits per heavy atom. The molecule has 0 spiro atoms. The molecule has 1 heterocycles. The number of hydrogen-bond acceptors (Lipinski definition) is 2. The smallest absolute Gasteiger partial charge is 0.223 e. The van der Waals surface area contributed by atoms with E-state index in [4.69, 9.17) is 4.74 Å². The first-order chi connectivity index (χ1) is 8.42. The zero-order chi connectivity index (χ0) is 13.6. The molecule has 106 valence electrons. The summed E-state index contributed by atoms with van der Waals surface area (Å²) < 4.78 is 5.08. The minimum Gasteiger partial charge on any atom is -0.385 e. The molecule has 0 aliphatic carbocycles. The zero-order valence-corrected chi connectivity index (χ0v) is 12.5. The zero-order valence-electron chi connectivity index (χ0n) is 12.5. The van der Waals surface area contributed by atoms with Gasteiger partial charge >= 0.3 is 0 Å². The van der Waals surface area contributed by atoms with Crippen LogP contribution < -0.4 is 0 Å². The molecule has 3 nitrogen and oxygen atoms in total. The van der Waals surface area contributed by atoms with Gasteiger partial charge in [0.15, 0.2) is 0 Å². The van der Waals surface area contributed by atoms with Crippen LogP contribution in [0.3, 0.4) is 0 Å². The first kappa shape index (κ1) is 15.5. The van der Waals surface area contributed by atoms with E-state index >= 15 is 0 Å². The van der Waals surface area contributed by atoms with Gasteiger partial charge in [-0.2, -0.15) is 0 Å². The summed E-state index contributed by atoms with van der Waals surface area (Å²) in [7, 11) is 1.76. The molecule has 3 heteroatoms. The molecule has 0 atom stereocenters. The van der Waals surface area contributed by atoms with Crippen LogP contribution in [0.2, 0.25) is 0 Å². The standard InChI is InChI=1S/C15H29NO2/c1-15(2,3)12-14(17)16-9-7-13(8-10-16)6-5-11-18-4/h13H,5-12H2,1-4H3. The van der Waals surface area contributed by atoms with E-state index in [1.165, 1.54) is 19.3 Å². The average molecular weight is 255 g/mol. The van der Waals surface area contributed by atoms with Gasteiger partial charge in [0.25, 0.3) is 0 Å². The van der Waals surface area contributed by atoms with Crippen molar-refractivity contribution >= 4 is 5.91 Å². The van der Waals surface area contributed by atoms with Gasteiger partial charge in [0, 0.05) is 33.2 Å². The summed E-state index contributed by atoms with van der Waals surface area (Å²) in [5, 5.41) is 0. The Kier molecular flexibility index (Phi) is 6.13. The van der Waals surface area contributed by atoms with E-state index in [0.29, 0.717) is 12.3 Å². The lowest BCUT2D eigenvalue weighted by Gasteiger charge is -2.33. The Hall–Kier alpha value is -0.570. The van der Waals surface area contributed by atoms with E-state index in [1.54, 1.807) is 7.11 Å². The molecule has 0 radical (unpaired) electrons. The molecule has 0 aromatic carbocycles. The molecule has 1 fully saturated rings. The predicted octanol–water partition coefficient (Wildman–Crippen LogP) is 3.09. The molecule has 0 unspecified atom stereocenters. The quantitative estimate of drug-likeness (QED) is 0.707. The molecule has 0 bridgehead atoms. The van der Waals surface area contributed by atoms with Crippen LogP contribution in [-0.2, 0) is 9.53 Å². The Labute approximate surface area is 112 Å². The normalized spacial score (nSPS) is 18.1. The fourth-order valence-electron chi connectivity index (χ4n) is 2.55. The van der Waals surface area contributed by atoms with Gasteiger partial charge in [-0.3, -0.25) is 4.79 Å². The number of methoxy groups -OCH3 is 1. The largest absolute Gasteiger partial charge is 0.385 e. The van der Waals surface area contributed by atoms with Crippen molar-refractivity contribution in [3.63, 3.8) is 0 Å². The highest BCUT2D eigenvalue weighted by Crippen LogP contribution is 2.25. The molecular formula is C15H29NO2. The molecule has 1 aliphatic rings. The summed E-state index contributed by atoms with van der Waals surface area (Å²) in [4.78, 5) is 14.1. The van der Waals surface area contributed by atoms with Crippen molar-refractivity contribution in [1.29, 1.82) is 0 Å². The van der Waals surface area contributed by atoms with Gasteiger partial charge in [0.05, 0.1) is 0 Å². The fourth-order valence-corrected chi connectivity index (χ4v) is 2.55. The fraction of sp³-hybridized carbons (Fsp3) is 0.933. The Morgan fingerprint density at radius 1 is 1.28 bits per heavy atom. The summed E-state index contributed by atoms with van der Waals surface area (Å²) in [6, 6.07) is 0. The van der Waals surface area contributed by atoms with Crippen LogP contribution in [0.4, 0.5) is 0 Å². The second kappa shape index (κ2) is 7.13. The van der Waals surface area contributed by atoms with Gasteiger partial charge < -0.3 is 9.64 Å². The molecule has 0 aromatic rings. The molecule has 1 aliphatic heterocycles. The second-order valence-electron chi connectivity index (χ2n) is 6.70. The van der Waals surface area contributed by atoms with E-state index in [-0.39, 0.29) is 5.41 Å². The van der Waals surface area contributed by atoms with Gasteiger partial charge in [0.1, 0.15) is 0 Å². The van der Waals surface area contributed by atoms with E-state index < -0.39 is 0 Å². The van der Waals surface area contributed by atoms with Gasteiger partial charge in [-0.25, -0.2) is 0 Å². The maximum atomic E-state index is 12.1. The Balaban J connectivity index is 2.24. The second-order valence-corrected chi connectivity index (χ2v) is 6.70. The average Bonchev–Trinajstić information content (AvgIpc) is 2.28. The first-order valence-corrected chi connectivity index (χ1v) is 7.19. The van der Waals surface area contributed by atoms with Crippen LogP contribution in [0.1, 0.15) is 52.9 Å². The molecule has 0 saturated carbocycles. The number of carbonyl (C=O) groups excluding carboxylic acids is 1. The van der Waals surface area contributed by atoms with E-state index in [1.807, 2.05) is 0 Å². The van der Waals surface area contributed by atoms with Crippen molar-refractivity contribution in [3.05, 3.63) is 0 Å². The minimum atomic E-state index is 0.104. The Bertz CT molecular complexity index is 250. The number of likely N-dealkylation sites (tertiary alicyclic amines) is 1. The highest BCUT2D eigenvalue weighted by atomic mass is 16.5. The minimum absolute atomic E-state index is 0.104. The van der Waals surface area contributed by atoms with Crippen molar-refractivity contribution in [2.24, 2.45) is 11.3 Å². The van der Waals surface area contributed by atoms with Crippen molar-refractivity contribution in [1.82, 2.24) is 4.90 Å². The van der Waals surface area contributed by atoms with Gasteiger partial charge in [-0.15, -0.1) is 0 Å². The SMILES string of the molecule is COCCCC1CCN(C(=O)CC(C)(C)C)CC1.